The number of carbonyl (C=O) groups is 1. The van der Waals surface area contributed by atoms with E-state index in [0.717, 1.165) is 0 Å². The summed E-state index contributed by atoms with van der Waals surface area (Å²) < 4.78 is 0. The molecule has 0 aromatic rings. The zero-order valence-corrected chi connectivity index (χ0v) is 4.29. The Hall–Kier alpha value is -1.05. The van der Waals surface area contributed by atoms with Crippen molar-refractivity contribution in [3.8, 4) is 0 Å². The fraction of sp³-hybridized carbons (Fsp3) is 0.167. The van der Waals surface area contributed by atoms with Crippen molar-refractivity contribution >= 4 is 5.78 Å². The van der Waals surface area contributed by atoms with Crippen molar-refractivity contribution < 1.29 is 9.90 Å². The van der Waals surface area contributed by atoms with Crippen LogP contribution in [0.25, 0.3) is 0 Å². The topological polar surface area (TPSA) is 37.3 Å². The highest BCUT2D eigenvalue weighted by Gasteiger charge is 2.02. The van der Waals surface area contributed by atoms with E-state index in [0.29, 0.717) is 0 Å². The number of aliphatic hydroxyl groups is 1. The molecule has 0 radical (unpaired) electrons. The van der Waals surface area contributed by atoms with Crippen molar-refractivity contribution in [1.82, 2.24) is 0 Å². The first kappa shape index (κ1) is 5.09. The van der Waals surface area contributed by atoms with Crippen LogP contribution in [0.5, 0.6) is 0 Å². The van der Waals surface area contributed by atoms with Crippen LogP contribution in [0.2, 0.25) is 0 Å². The predicted octanol–water partition coefficient (Wildman–Crippen LogP) is 0.957. The molecule has 1 aliphatic rings. The Balaban J connectivity index is 2.73. The van der Waals surface area contributed by atoms with E-state index in [2.05, 4.69) is 0 Å². The Morgan fingerprint density at radius 3 is 2.75 bits per heavy atom. The number of allylic oxidation sites excluding steroid dienone is 4. The summed E-state index contributed by atoms with van der Waals surface area (Å²) in [6.45, 7) is 0. The summed E-state index contributed by atoms with van der Waals surface area (Å²) in [5, 5.41) is 8.67. The number of carbonyl (C=O) groups excluding carboxylic acids is 1. The van der Waals surface area contributed by atoms with Crippen LogP contribution in [0.1, 0.15) is 6.42 Å². The standard InChI is InChI=1S/C6H6O2/c7-5-2-1-3-6(8)4-5/h1-3,7H,4H2. The summed E-state index contributed by atoms with van der Waals surface area (Å²) >= 11 is 0. The number of hydrogen-bond donors (Lipinski definition) is 1. The summed E-state index contributed by atoms with van der Waals surface area (Å²) in [5.41, 5.74) is 0. The Morgan fingerprint density at radius 2 is 2.38 bits per heavy atom. The molecule has 0 unspecified atom stereocenters. The van der Waals surface area contributed by atoms with Crippen molar-refractivity contribution in [1.29, 1.82) is 0 Å². The Labute approximate surface area is 47.1 Å². The average Bonchev–Trinajstić information content (AvgIpc) is 1.64. The van der Waals surface area contributed by atoms with Crippen molar-refractivity contribution in [3.05, 3.63) is 24.0 Å². The van der Waals surface area contributed by atoms with Gasteiger partial charge in [0, 0.05) is 0 Å². The molecule has 0 atom stereocenters. The first-order valence-electron chi connectivity index (χ1n) is 2.38. The van der Waals surface area contributed by atoms with E-state index in [-0.39, 0.29) is 18.0 Å². The second-order valence-electron chi connectivity index (χ2n) is 1.66. The molecular formula is C6H6O2. The maximum Gasteiger partial charge on any atom is 0.163 e. The minimum absolute atomic E-state index is 0.0370. The lowest BCUT2D eigenvalue weighted by molar-refractivity contribution is -0.114. The molecule has 2 heteroatoms. The summed E-state index contributed by atoms with van der Waals surface area (Å²) in [7, 11) is 0. The van der Waals surface area contributed by atoms with Gasteiger partial charge in [0.15, 0.2) is 5.78 Å². The van der Waals surface area contributed by atoms with E-state index >= 15 is 0 Å². The average molecular weight is 110 g/mol. The maximum atomic E-state index is 10.4. The summed E-state index contributed by atoms with van der Waals surface area (Å²) in [6, 6.07) is 0. The van der Waals surface area contributed by atoms with Gasteiger partial charge in [-0.1, -0.05) is 6.08 Å². The molecule has 0 aromatic heterocycles. The van der Waals surface area contributed by atoms with E-state index < -0.39 is 0 Å². The van der Waals surface area contributed by atoms with Gasteiger partial charge < -0.3 is 5.11 Å². The molecule has 0 spiro atoms. The monoisotopic (exact) mass is 110 g/mol. The second kappa shape index (κ2) is 1.82. The number of hydrogen-bond acceptors (Lipinski definition) is 2. The first-order chi connectivity index (χ1) is 3.79. The lowest BCUT2D eigenvalue weighted by Crippen LogP contribution is -1.97. The Morgan fingerprint density at radius 1 is 1.62 bits per heavy atom. The zero-order valence-electron chi connectivity index (χ0n) is 4.29. The van der Waals surface area contributed by atoms with Gasteiger partial charge in [-0.2, -0.15) is 0 Å². The fourth-order valence-electron chi connectivity index (χ4n) is 0.563. The highest BCUT2D eigenvalue weighted by Crippen LogP contribution is 2.03. The van der Waals surface area contributed by atoms with E-state index in [1.807, 2.05) is 0 Å². The molecule has 0 fully saturated rings. The molecule has 1 N–H and O–H groups in total. The third-order valence-electron chi connectivity index (χ3n) is 0.926. The molecule has 1 rings (SSSR count). The van der Waals surface area contributed by atoms with Gasteiger partial charge in [-0.25, -0.2) is 0 Å². The van der Waals surface area contributed by atoms with Crippen LogP contribution in [0.4, 0.5) is 0 Å². The molecule has 8 heavy (non-hydrogen) atoms. The second-order valence-corrected chi connectivity index (χ2v) is 1.66. The van der Waals surface area contributed by atoms with Gasteiger partial charge in [-0.3, -0.25) is 4.79 Å². The third kappa shape index (κ3) is 0.964. The normalized spacial score (nSPS) is 18.5. The van der Waals surface area contributed by atoms with Crippen LogP contribution in [0, 0.1) is 0 Å². The van der Waals surface area contributed by atoms with Gasteiger partial charge in [-0.15, -0.1) is 0 Å². The third-order valence-corrected chi connectivity index (χ3v) is 0.926. The van der Waals surface area contributed by atoms with Crippen LogP contribution in [0.15, 0.2) is 24.0 Å². The van der Waals surface area contributed by atoms with Gasteiger partial charge >= 0.3 is 0 Å². The van der Waals surface area contributed by atoms with Gasteiger partial charge in [0.2, 0.25) is 0 Å². The van der Waals surface area contributed by atoms with Crippen molar-refractivity contribution in [2.24, 2.45) is 0 Å². The van der Waals surface area contributed by atoms with E-state index in [1.54, 1.807) is 6.08 Å². The highest BCUT2D eigenvalue weighted by molar-refractivity contribution is 5.92. The van der Waals surface area contributed by atoms with Gasteiger partial charge in [0.1, 0.15) is 0 Å². The molecule has 0 saturated heterocycles. The van der Waals surface area contributed by atoms with E-state index in [1.165, 1.54) is 12.2 Å². The summed E-state index contributed by atoms with van der Waals surface area (Å²) in [6.07, 6.45) is 4.67. The molecule has 1 aliphatic carbocycles. The number of aliphatic hydroxyl groups excluding tert-OH is 1. The zero-order chi connectivity index (χ0) is 5.98. The molecule has 0 aromatic carbocycles. The van der Waals surface area contributed by atoms with E-state index in [9.17, 15) is 4.79 Å². The van der Waals surface area contributed by atoms with Crippen LogP contribution >= 0.6 is 0 Å². The first-order valence-corrected chi connectivity index (χ1v) is 2.38. The quantitative estimate of drug-likeness (QED) is 0.504. The summed E-state index contributed by atoms with van der Waals surface area (Å²) in [4.78, 5) is 10.4. The molecule has 0 heterocycles. The maximum absolute atomic E-state index is 10.4. The molecule has 0 amide bonds. The SMILES string of the molecule is O=C1C=CC=C(O)C1. The van der Waals surface area contributed by atoms with Crippen molar-refractivity contribution in [3.63, 3.8) is 0 Å². The Bertz CT molecular complexity index is 165. The van der Waals surface area contributed by atoms with Gasteiger partial charge in [0.05, 0.1) is 12.2 Å². The van der Waals surface area contributed by atoms with E-state index in [4.69, 9.17) is 5.11 Å². The van der Waals surface area contributed by atoms with Crippen LogP contribution < -0.4 is 0 Å². The summed E-state index contributed by atoms with van der Waals surface area (Å²) in [5.74, 6) is 0.113. The minimum atomic E-state index is -0.0370. The lowest BCUT2D eigenvalue weighted by atomic mass is 10.1. The van der Waals surface area contributed by atoms with Gasteiger partial charge in [0.25, 0.3) is 0 Å². The van der Waals surface area contributed by atoms with Crippen molar-refractivity contribution in [2.75, 3.05) is 0 Å². The molecule has 42 valence electrons. The highest BCUT2D eigenvalue weighted by atomic mass is 16.3. The predicted molar refractivity (Wildman–Crippen MR) is 29.5 cm³/mol. The molecule has 2 nitrogen and oxygen atoms in total. The van der Waals surface area contributed by atoms with Gasteiger partial charge in [-0.05, 0) is 12.2 Å². The Kier molecular flexibility index (Phi) is 1.16. The number of ketones is 1. The fourth-order valence-corrected chi connectivity index (χ4v) is 0.563. The molecular weight excluding hydrogens is 104 g/mol. The van der Waals surface area contributed by atoms with Crippen molar-refractivity contribution in [2.45, 2.75) is 6.42 Å². The molecule has 0 aliphatic heterocycles. The van der Waals surface area contributed by atoms with Crippen LogP contribution in [0.3, 0.4) is 0 Å². The van der Waals surface area contributed by atoms with Crippen LogP contribution in [-0.2, 0) is 4.79 Å². The molecule has 0 saturated carbocycles. The smallest absolute Gasteiger partial charge is 0.163 e. The number of rotatable bonds is 0. The largest absolute Gasteiger partial charge is 0.512 e. The lowest BCUT2D eigenvalue weighted by Gasteiger charge is -1.97. The molecule has 0 bridgehead atoms. The van der Waals surface area contributed by atoms with Crippen LogP contribution in [-0.4, -0.2) is 10.9 Å². The minimum Gasteiger partial charge on any atom is -0.512 e.